The standard InChI is InChI=1S/C8H15BN2O2.C6H14O2/c1-10-7-3-5-8(11-2,6-4-7)9(12)13;1-5(2,7)6(3,4)8/h3-5,10-13H,6H2,1-2H3;7-8H,1-4H3. The summed E-state index contributed by atoms with van der Waals surface area (Å²) in [5.41, 5.74) is -1.76. The molecule has 0 radical (unpaired) electrons. The lowest BCUT2D eigenvalue weighted by molar-refractivity contribution is -0.107. The Kier molecular flexibility index (Phi) is 7.12. The van der Waals surface area contributed by atoms with E-state index >= 15 is 0 Å². The monoisotopic (exact) mass is 300 g/mol. The van der Waals surface area contributed by atoms with Crippen LogP contribution in [0.1, 0.15) is 34.1 Å². The van der Waals surface area contributed by atoms with E-state index in [0.717, 1.165) is 5.70 Å². The summed E-state index contributed by atoms with van der Waals surface area (Å²) in [6, 6.07) is 0. The number of allylic oxidation sites excluding steroid dienone is 1. The first-order valence-electron chi connectivity index (χ1n) is 6.96. The summed E-state index contributed by atoms with van der Waals surface area (Å²) in [6.07, 6.45) is 6.09. The summed E-state index contributed by atoms with van der Waals surface area (Å²) in [6.45, 7) is 6.31. The Balaban J connectivity index is 0.000000433. The van der Waals surface area contributed by atoms with E-state index < -0.39 is 23.8 Å². The normalized spacial score (nSPS) is 22.1. The number of likely N-dealkylation sites (N-methyl/N-ethyl adjacent to an activating group) is 2. The topological polar surface area (TPSA) is 105 Å². The number of rotatable bonds is 4. The Labute approximate surface area is 127 Å². The van der Waals surface area contributed by atoms with E-state index in [-0.39, 0.29) is 0 Å². The minimum absolute atomic E-state index is 0.563. The van der Waals surface area contributed by atoms with E-state index in [9.17, 15) is 10.0 Å². The molecule has 0 fully saturated rings. The molecule has 0 saturated carbocycles. The minimum Gasteiger partial charge on any atom is -0.426 e. The fraction of sp³-hybridized carbons (Fsp3) is 0.714. The summed E-state index contributed by atoms with van der Waals surface area (Å²) >= 11 is 0. The molecule has 6 N–H and O–H groups in total. The molecular formula is C14H29BN2O4. The zero-order valence-electron chi connectivity index (χ0n) is 13.8. The van der Waals surface area contributed by atoms with Gasteiger partial charge >= 0.3 is 7.12 Å². The van der Waals surface area contributed by atoms with Crippen LogP contribution in [0.4, 0.5) is 0 Å². The second-order valence-corrected chi connectivity index (χ2v) is 6.23. The van der Waals surface area contributed by atoms with Crippen LogP contribution in [0.2, 0.25) is 0 Å². The smallest absolute Gasteiger partial charge is 0.426 e. The van der Waals surface area contributed by atoms with Gasteiger partial charge < -0.3 is 30.9 Å². The van der Waals surface area contributed by atoms with Gasteiger partial charge in [-0.05, 0) is 47.2 Å². The maximum atomic E-state index is 9.18. The lowest BCUT2D eigenvalue weighted by Crippen LogP contribution is -2.55. The van der Waals surface area contributed by atoms with Crippen molar-refractivity contribution in [2.24, 2.45) is 0 Å². The zero-order chi connectivity index (χ0) is 16.9. The summed E-state index contributed by atoms with van der Waals surface area (Å²) in [7, 11) is 2.16. The second-order valence-electron chi connectivity index (χ2n) is 6.23. The van der Waals surface area contributed by atoms with Gasteiger partial charge in [0, 0.05) is 12.7 Å². The third-order valence-corrected chi connectivity index (χ3v) is 3.93. The van der Waals surface area contributed by atoms with Crippen LogP contribution in [0.3, 0.4) is 0 Å². The van der Waals surface area contributed by atoms with Crippen LogP contribution in [0.5, 0.6) is 0 Å². The Morgan fingerprint density at radius 2 is 1.57 bits per heavy atom. The number of aliphatic hydroxyl groups is 2. The van der Waals surface area contributed by atoms with Crippen LogP contribution < -0.4 is 10.6 Å². The van der Waals surface area contributed by atoms with Crippen molar-refractivity contribution in [1.29, 1.82) is 0 Å². The average Bonchev–Trinajstić information content (AvgIpc) is 2.37. The molecule has 7 heteroatoms. The molecule has 0 aromatic rings. The van der Waals surface area contributed by atoms with Crippen molar-refractivity contribution in [3.05, 3.63) is 23.9 Å². The maximum absolute atomic E-state index is 9.18. The van der Waals surface area contributed by atoms with Gasteiger partial charge in [0.25, 0.3) is 0 Å². The predicted octanol–water partition coefficient (Wildman–Crippen LogP) is -0.452. The maximum Gasteiger partial charge on any atom is 0.477 e. The quantitative estimate of drug-likeness (QED) is 0.393. The van der Waals surface area contributed by atoms with Gasteiger partial charge in [-0.1, -0.05) is 12.2 Å². The van der Waals surface area contributed by atoms with Gasteiger partial charge in [-0.2, -0.15) is 0 Å². The third-order valence-electron chi connectivity index (χ3n) is 3.93. The molecule has 0 amide bonds. The van der Waals surface area contributed by atoms with Crippen LogP contribution >= 0.6 is 0 Å². The lowest BCUT2D eigenvalue weighted by atomic mass is 9.61. The van der Waals surface area contributed by atoms with Gasteiger partial charge in [-0.15, -0.1) is 0 Å². The highest BCUT2D eigenvalue weighted by Crippen LogP contribution is 2.20. The molecule has 0 spiro atoms. The molecule has 6 nitrogen and oxygen atoms in total. The predicted molar refractivity (Wildman–Crippen MR) is 85.5 cm³/mol. The highest BCUT2D eigenvalue weighted by Gasteiger charge is 2.38. The fourth-order valence-electron chi connectivity index (χ4n) is 1.34. The van der Waals surface area contributed by atoms with Crippen molar-refractivity contribution in [2.45, 2.75) is 50.8 Å². The molecule has 21 heavy (non-hydrogen) atoms. The van der Waals surface area contributed by atoms with E-state index in [4.69, 9.17) is 10.2 Å². The van der Waals surface area contributed by atoms with Crippen LogP contribution in [0.25, 0.3) is 0 Å². The molecule has 0 aromatic heterocycles. The molecule has 1 atom stereocenters. The number of nitrogens with one attached hydrogen (secondary N) is 2. The molecular weight excluding hydrogens is 271 g/mol. The number of hydrogen-bond donors (Lipinski definition) is 6. The van der Waals surface area contributed by atoms with Crippen molar-refractivity contribution in [1.82, 2.24) is 10.6 Å². The average molecular weight is 300 g/mol. The zero-order valence-corrected chi connectivity index (χ0v) is 13.8. The molecule has 122 valence electrons. The summed E-state index contributed by atoms with van der Waals surface area (Å²) in [4.78, 5) is 0. The Bertz CT molecular complexity index is 371. The molecule has 0 aromatic carbocycles. The summed E-state index contributed by atoms with van der Waals surface area (Å²) in [5.74, 6) is 0. The van der Waals surface area contributed by atoms with Crippen molar-refractivity contribution in [3.8, 4) is 0 Å². The molecule has 0 bridgehead atoms. The summed E-state index contributed by atoms with van der Waals surface area (Å²) < 4.78 is 0. The second kappa shape index (κ2) is 7.42. The number of hydrogen-bond acceptors (Lipinski definition) is 6. The molecule has 1 unspecified atom stereocenters. The molecule has 1 rings (SSSR count). The Morgan fingerprint density at radius 1 is 1.10 bits per heavy atom. The first kappa shape index (κ1) is 20.1. The van der Waals surface area contributed by atoms with Gasteiger partial charge in [-0.25, -0.2) is 0 Å². The van der Waals surface area contributed by atoms with E-state index in [2.05, 4.69) is 10.6 Å². The van der Waals surface area contributed by atoms with Crippen LogP contribution in [0, 0.1) is 0 Å². The lowest BCUT2D eigenvalue weighted by Gasteiger charge is -2.31. The third kappa shape index (κ3) is 5.80. The highest BCUT2D eigenvalue weighted by molar-refractivity contribution is 6.46. The van der Waals surface area contributed by atoms with Crippen LogP contribution in [-0.4, -0.2) is 58.1 Å². The highest BCUT2D eigenvalue weighted by atomic mass is 16.4. The largest absolute Gasteiger partial charge is 0.477 e. The van der Waals surface area contributed by atoms with Crippen LogP contribution in [-0.2, 0) is 0 Å². The van der Waals surface area contributed by atoms with Crippen molar-refractivity contribution in [3.63, 3.8) is 0 Å². The molecule has 0 heterocycles. The van der Waals surface area contributed by atoms with E-state index in [0.29, 0.717) is 6.42 Å². The Morgan fingerprint density at radius 3 is 1.76 bits per heavy atom. The minimum atomic E-state index is -1.39. The van der Waals surface area contributed by atoms with Crippen molar-refractivity contribution >= 4 is 7.12 Å². The van der Waals surface area contributed by atoms with E-state index in [1.165, 1.54) is 0 Å². The van der Waals surface area contributed by atoms with Gasteiger partial charge in [-0.3, -0.25) is 0 Å². The van der Waals surface area contributed by atoms with Crippen LogP contribution in [0.15, 0.2) is 23.9 Å². The molecule has 1 aliphatic rings. The summed E-state index contributed by atoms with van der Waals surface area (Å²) in [5, 5.41) is 42.5. The fourth-order valence-corrected chi connectivity index (χ4v) is 1.34. The molecule has 1 aliphatic carbocycles. The van der Waals surface area contributed by atoms with Gasteiger partial charge in [0.2, 0.25) is 0 Å². The first-order chi connectivity index (χ1) is 9.39. The first-order valence-corrected chi connectivity index (χ1v) is 6.96. The van der Waals surface area contributed by atoms with Gasteiger partial charge in [0.05, 0.1) is 16.6 Å². The molecule has 0 saturated heterocycles. The van der Waals surface area contributed by atoms with Crippen molar-refractivity contribution in [2.75, 3.05) is 14.1 Å². The van der Waals surface area contributed by atoms with Gasteiger partial charge in [0.15, 0.2) is 0 Å². The Hall–Kier alpha value is -0.855. The van der Waals surface area contributed by atoms with E-state index in [1.807, 2.05) is 19.2 Å². The van der Waals surface area contributed by atoms with Crippen molar-refractivity contribution < 1.29 is 20.3 Å². The van der Waals surface area contributed by atoms with E-state index in [1.54, 1.807) is 40.8 Å². The molecule has 0 aliphatic heterocycles. The van der Waals surface area contributed by atoms with Gasteiger partial charge in [0.1, 0.15) is 0 Å². The SMILES string of the molecule is CC(C)(O)C(C)(C)O.CNC1=CCC(NC)(B(O)O)C=C1.